The normalized spacial score (nSPS) is 20.0. The third-order valence-corrected chi connectivity index (χ3v) is 4.37. The largest absolute Gasteiger partial charge is 0.325 e. The van der Waals surface area contributed by atoms with Crippen LogP contribution in [0, 0.1) is 13.8 Å². The summed E-state index contributed by atoms with van der Waals surface area (Å²) in [5.41, 5.74) is 10.8. The molecule has 0 radical (unpaired) electrons. The number of aryl methyl sites for hydroxylation is 3. The van der Waals surface area contributed by atoms with Gasteiger partial charge in [0.05, 0.1) is 0 Å². The van der Waals surface area contributed by atoms with Crippen LogP contribution in [0.1, 0.15) is 36.0 Å². The number of hydrogen-bond acceptors (Lipinski definition) is 2. The number of benzene rings is 1. The molecule has 18 heavy (non-hydrogen) atoms. The number of hydrogen-bond donors (Lipinski definition) is 1. The molecule has 100 valence electrons. The highest BCUT2D eigenvalue weighted by atomic mass is 15.1. The maximum absolute atomic E-state index is 6.52. The first-order valence-electron chi connectivity index (χ1n) is 7.02. The number of nitrogens with zero attached hydrogens (tertiary/aromatic N) is 1. The number of nitrogens with two attached hydrogens (primary N) is 1. The van der Waals surface area contributed by atoms with E-state index in [1.54, 1.807) is 0 Å². The number of rotatable bonds is 3. The molecule has 0 spiro atoms. The molecule has 1 aliphatic rings. The molecule has 2 N–H and O–H groups in total. The van der Waals surface area contributed by atoms with E-state index < -0.39 is 0 Å². The molecule has 0 aliphatic carbocycles. The minimum Gasteiger partial charge on any atom is -0.325 e. The van der Waals surface area contributed by atoms with Crippen molar-refractivity contribution in [2.45, 2.75) is 45.1 Å². The van der Waals surface area contributed by atoms with E-state index in [1.165, 1.54) is 16.7 Å². The van der Waals surface area contributed by atoms with Crippen LogP contribution in [0.25, 0.3) is 0 Å². The Morgan fingerprint density at radius 3 is 2.50 bits per heavy atom. The van der Waals surface area contributed by atoms with Crippen molar-refractivity contribution in [1.29, 1.82) is 0 Å². The first-order chi connectivity index (χ1) is 8.48. The molecule has 0 atom stereocenters. The van der Waals surface area contributed by atoms with E-state index in [0.29, 0.717) is 0 Å². The molecule has 0 amide bonds. The SMILES string of the molecule is Cc1ccc(CCC2(N)CCN(C)CC2)c(C)c1. The third kappa shape index (κ3) is 3.33. The molecule has 2 heteroatoms. The fraction of sp³-hybridized carbons (Fsp3) is 0.625. The van der Waals surface area contributed by atoms with Crippen molar-refractivity contribution in [3.05, 3.63) is 34.9 Å². The van der Waals surface area contributed by atoms with Crippen LogP contribution in [0.5, 0.6) is 0 Å². The topological polar surface area (TPSA) is 29.3 Å². The Hall–Kier alpha value is -0.860. The van der Waals surface area contributed by atoms with E-state index in [9.17, 15) is 0 Å². The lowest BCUT2D eigenvalue weighted by Gasteiger charge is -2.38. The molecule has 0 bridgehead atoms. The molecule has 1 saturated heterocycles. The fourth-order valence-electron chi connectivity index (χ4n) is 2.82. The van der Waals surface area contributed by atoms with Gasteiger partial charge in [-0.1, -0.05) is 23.8 Å². The summed E-state index contributed by atoms with van der Waals surface area (Å²) in [6.45, 7) is 6.64. The lowest BCUT2D eigenvalue weighted by atomic mass is 9.83. The van der Waals surface area contributed by atoms with Crippen molar-refractivity contribution in [3.8, 4) is 0 Å². The zero-order valence-electron chi connectivity index (χ0n) is 12.0. The van der Waals surface area contributed by atoms with Crippen LogP contribution in [-0.2, 0) is 6.42 Å². The van der Waals surface area contributed by atoms with Crippen molar-refractivity contribution in [2.24, 2.45) is 5.73 Å². The van der Waals surface area contributed by atoms with Gasteiger partial charge in [0.25, 0.3) is 0 Å². The quantitative estimate of drug-likeness (QED) is 0.888. The molecule has 1 aliphatic heterocycles. The molecule has 0 saturated carbocycles. The number of likely N-dealkylation sites (tertiary alicyclic amines) is 1. The lowest BCUT2D eigenvalue weighted by molar-refractivity contribution is 0.182. The predicted molar refractivity (Wildman–Crippen MR) is 77.9 cm³/mol. The van der Waals surface area contributed by atoms with Crippen molar-refractivity contribution in [1.82, 2.24) is 4.90 Å². The fourth-order valence-corrected chi connectivity index (χ4v) is 2.82. The second-order valence-electron chi connectivity index (χ2n) is 6.10. The second-order valence-corrected chi connectivity index (χ2v) is 6.10. The molecule has 1 aromatic rings. The maximum Gasteiger partial charge on any atom is 0.0181 e. The maximum atomic E-state index is 6.52. The van der Waals surface area contributed by atoms with Crippen LogP contribution in [0.4, 0.5) is 0 Å². The Balaban J connectivity index is 1.94. The number of piperidine rings is 1. The van der Waals surface area contributed by atoms with Gasteiger partial charge in [-0.2, -0.15) is 0 Å². The smallest absolute Gasteiger partial charge is 0.0181 e. The molecule has 1 heterocycles. The summed E-state index contributed by atoms with van der Waals surface area (Å²) >= 11 is 0. The van der Waals surface area contributed by atoms with Crippen LogP contribution >= 0.6 is 0 Å². The van der Waals surface area contributed by atoms with Gasteiger partial charge in [0, 0.05) is 5.54 Å². The Morgan fingerprint density at radius 1 is 1.22 bits per heavy atom. The highest BCUT2D eigenvalue weighted by molar-refractivity contribution is 5.30. The van der Waals surface area contributed by atoms with Gasteiger partial charge >= 0.3 is 0 Å². The van der Waals surface area contributed by atoms with Gasteiger partial charge < -0.3 is 10.6 Å². The van der Waals surface area contributed by atoms with Gasteiger partial charge in [-0.15, -0.1) is 0 Å². The third-order valence-electron chi connectivity index (χ3n) is 4.37. The van der Waals surface area contributed by atoms with Gasteiger partial charge in [0.15, 0.2) is 0 Å². The molecular formula is C16H26N2. The van der Waals surface area contributed by atoms with E-state index >= 15 is 0 Å². The minimum atomic E-state index is 0.0594. The average Bonchev–Trinajstić information content (AvgIpc) is 2.32. The zero-order chi connectivity index (χ0) is 13.2. The van der Waals surface area contributed by atoms with Crippen LogP contribution in [-0.4, -0.2) is 30.6 Å². The van der Waals surface area contributed by atoms with E-state index in [4.69, 9.17) is 5.73 Å². The predicted octanol–water partition coefficient (Wildman–Crippen LogP) is 2.66. The molecule has 0 aromatic heterocycles. The summed E-state index contributed by atoms with van der Waals surface area (Å²) < 4.78 is 0. The highest BCUT2D eigenvalue weighted by Crippen LogP contribution is 2.25. The summed E-state index contributed by atoms with van der Waals surface area (Å²) in [6, 6.07) is 6.75. The van der Waals surface area contributed by atoms with E-state index in [2.05, 4.69) is 44.0 Å². The second kappa shape index (κ2) is 5.41. The summed E-state index contributed by atoms with van der Waals surface area (Å²) in [5, 5.41) is 0. The standard InChI is InChI=1S/C16H26N2/c1-13-4-5-15(14(2)12-13)6-7-16(17)8-10-18(3)11-9-16/h4-5,12H,6-11,17H2,1-3H3. The first-order valence-corrected chi connectivity index (χ1v) is 7.02. The van der Waals surface area contributed by atoms with E-state index in [0.717, 1.165) is 38.8 Å². The molecular weight excluding hydrogens is 220 g/mol. The summed E-state index contributed by atoms with van der Waals surface area (Å²) in [7, 11) is 2.18. The molecule has 0 unspecified atom stereocenters. The Morgan fingerprint density at radius 2 is 1.89 bits per heavy atom. The Bertz CT molecular complexity index is 404. The average molecular weight is 246 g/mol. The van der Waals surface area contributed by atoms with Gasteiger partial charge in [-0.05, 0) is 70.8 Å². The van der Waals surface area contributed by atoms with Crippen LogP contribution in [0.3, 0.4) is 0 Å². The van der Waals surface area contributed by atoms with Crippen LogP contribution in [0.2, 0.25) is 0 Å². The van der Waals surface area contributed by atoms with Gasteiger partial charge in [0.2, 0.25) is 0 Å². The van der Waals surface area contributed by atoms with Gasteiger partial charge in [-0.25, -0.2) is 0 Å². The monoisotopic (exact) mass is 246 g/mol. The van der Waals surface area contributed by atoms with E-state index in [-0.39, 0.29) is 5.54 Å². The molecule has 1 aromatic carbocycles. The Kier molecular flexibility index (Phi) is 4.08. The van der Waals surface area contributed by atoms with Crippen LogP contribution < -0.4 is 5.73 Å². The van der Waals surface area contributed by atoms with Gasteiger partial charge in [-0.3, -0.25) is 0 Å². The van der Waals surface area contributed by atoms with Crippen molar-refractivity contribution >= 4 is 0 Å². The van der Waals surface area contributed by atoms with Crippen molar-refractivity contribution in [2.75, 3.05) is 20.1 Å². The minimum absolute atomic E-state index is 0.0594. The van der Waals surface area contributed by atoms with Gasteiger partial charge in [0.1, 0.15) is 0 Å². The summed E-state index contributed by atoms with van der Waals surface area (Å²) in [4.78, 5) is 2.38. The first kappa shape index (κ1) is 13.6. The van der Waals surface area contributed by atoms with Crippen molar-refractivity contribution in [3.63, 3.8) is 0 Å². The lowest BCUT2D eigenvalue weighted by Crippen LogP contribution is -2.49. The molecule has 2 rings (SSSR count). The van der Waals surface area contributed by atoms with Crippen LogP contribution in [0.15, 0.2) is 18.2 Å². The van der Waals surface area contributed by atoms with Crippen molar-refractivity contribution < 1.29 is 0 Å². The highest BCUT2D eigenvalue weighted by Gasteiger charge is 2.28. The molecule has 2 nitrogen and oxygen atoms in total. The Labute approximate surface area is 111 Å². The molecule has 1 fully saturated rings. The zero-order valence-corrected chi connectivity index (χ0v) is 12.0. The summed E-state index contributed by atoms with van der Waals surface area (Å²) in [5.74, 6) is 0. The van der Waals surface area contributed by atoms with E-state index in [1.807, 2.05) is 0 Å². The summed E-state index contributed by atoms with van der Waals surface area (Å²) in [6.07, 6.45) is 4.50.